The summed E-state index contributed by atoms with van der Waals surface area (Å²) < 4.78 is 7.36. The Bertz CT molecular complexity index is 1310. The van der Waals surface area contributed by atoms with Crippen molar-refractivity contribution >= 4 is 28.5 Å². The molecule has 1 fully saturated rings. The molecular weight excluding hydrogens is 402 g/mol. The van der Waals surface area contributed by atoms with Crippen LogP contribution in [-0.4, -0.2) is 45.2 Å². The van der Waals surface area contributed by atoms with E-state index in [0.29, 0.717) is 13.2 Å². The standard InChI is InChI=1S/C25H27N5O2/c1-4-32-24(31)19-9-6-12-29(15-19)25-26-21-11-10-17(3)14-20(21)23-28-27-22(30(23)25)18-8-5-7-16(2)13-18/h5,7-8,10-11,13-14,19H,4,6,9,12,15H2,1-3H3/t19-/m1/s1. The summed E-state index contributed by atoms with van der Waals surface area (Å²) in [5.74, 6) is 1.24. The summed E-state index contributed by atoms with van der Waals surface area (Å²) in [5.41, 5.74) is 4.95. The normalized spacial score (nSPS) is 16.6. The minimum absolute atomic E-state index is 0.132. The van der Waals surface area contributed by atoms with Gasteiger partial charge in [0, 0.05) is 24.0 Å². The fourth-order valence-electron chi connectivity index (χ4n) is 4.53. The van der Waals surface area contributed by atoms with Gasteiger partial charge in [-0.3, -0.25) is 4.79 Å². The smallest absolute Gasteiger partial charge is 0.310 e. The van der Waals surface area contributed by atoms with E-state index >= 15 is 0 Å². The van der Waals surface area contributed by atoms with Crippen molar-refractivity contribution in [3.8, 4) is 11.4 Å². The van der Waals surface area contributed by atoms with Crippen LogP contribution in [0.3, 0.4) is 0 Å². The number of hydrogen-bond donors (Lipinski definition) is 0. The van der Waals surface area contributed by atoms with Crippen LogP contribution in [0.4, 0.5) is 5.95 Å². The molecule has 7 nitrogen and oxygen atoms in total. The Hall–Kier alpha value is -3.48. The Morgan fingerprint density at radius 3 is 2.78 bits per heavy atom. The van der Waals surface area contributed by atoms with Gasteiger partial charge in [-0.25, -0.2) is 9.38 Å². The number of carbonyl (C=O) groups excluding carboxylic acids is 1. The molecule has 0 radical (unpaired) electrons. The van der Waals surface area contributed by atoms with Crippen LogP contribution in [0.5, 0.6) is 0 Å². The van der Waals surface area contributed by atoms with Gasteiger partial charge in [-0.1, -0.05) is 35.4 Å². The van der Waals surface area contributed by atoms with Crippen LogP contribution in [0, 0.1) is 19.8 Å². The number of aromatic nitrogens is 4. The predicted molar refractivity (Wildman–Crippen MR) is 125 cm³/mol. The van der Waals surface area contributed by atoms with Crippen molar-refractivity contribution < 1.29 is 9.53 Å². The third-order valence-corrected chi connectivity index (χ3v) is 6.08. The molecule has 32 heavy (non-hydrogen) atoms. The molecule has 0 spiro atoms. The van der Waals surface area contributed by atoms with Gasteiger partial charge in [0.25, 0.3) is 0 Å². The lowest BCUT2D eigenvalue weighted by molar-refractivity contribution is -0.148. The molecule has 1 atom stereocenters. The maximum atomic E-state index is 12.5. The molecule has 3 heterocycles. The molecule has 5 rings (SSSR count). The summed E-state index contributed by atoms with van der Waals surface area (Å²) in [6.45, 7) is 7.77. The van der Waals surface area contributed by atoms with Gasteiger partial charge in [0.1, 0.15) is 0 Å². The maximum absolute atomic E-state index is 12.5. The van der Waals surface area contributed by atoms with E-state index in [1.54, 1.807) is 0 Å². The first-order valence-corrected chi connectivity index (χ1v) is 11.2. The molecule has 1 aliphatic heterocycles. The van der Waals surface area contributed by atoms with Gasteiger partial charge < -0.3 is 9.64 Å². The first-order chi connectivity index (χ1) is 15.5. The summed E-state index contributed by atoms with van der Waals surface area (Å²) in [7, 11) is 0. The molecule has 0 amide bonds. The molecule has 164 valence electrons. The Labute approximate surface area is 187 Å². The van der Waals surface area contributed by atoms with Crippen molar-refractivity contribution in [1.82, 2.24) is 19.6 Å². The molecule has 0 bridgehead atoms. The lowest BCUT2D eigenvalue weighted by atomic mass is 9.98. The lowest BCUT2D eigenvalue weighted by Crippen LogP contribution is -2.40. The molecule has 1 aliphatic rings. The highest BCUT2D eigenvalue weighted by Crippen LogP contribution is 2.31. The van der Waals surface area contributed by atoms with Crippen molar-refractivity contribution in [2.75, 3.05) is 24.6 Å². The number of anilines is 1. The largest absolute Gasteiger partial charge is 0.466 e. The highest BCUT2D eigenvalue weighted by Gasteiger charge is 2.30. The summed E-state index contributed by atoms with van der Waals surface area (Å²) in [6.07, 6.45) is 1.73. The van der Waals surface area contributed by atoms with Gasteiger partial charge in [0.2, 0.25) is 5.95 Å². The number of rotatable bonds is 4. The van der Waals surface area contributed by atoms with Crippen LogP contribution in [0.2, 0.25) is 0 Å². The first kappa shape index (κ1) is 20.4. The summed E-state index contributed by atoms with van der Waals surface area (Å²) >= 11 is 0. The van der Waals surface area contributed by atoms with E-state index < -0.39 is 0 Å². The topological polar surface area (TPSA) is 72.6 Å². The van der Waals surface area contributed by atoms with E-state index in [-0.39, 0.29) is 11.9 Å². The quantitative estimate of drug-likeness (QED) is 0.449. The molecule has 2 aromatic carbocycles. The van der Waals surface area contributed by atoms with E-state index in [2.05, 4.69) is 53.2 Å². The molecule has 0 N–H and O–H groups in total. The number of ether oxygens (including phenoxy) is 1. The molecule has 1 saturated heterocycles. The Morgan fingerprint density at radius 1 is 1.12 bits per heavy atom. The third kappa shape index (κ3) is 3.57. The molecule has 4 aromatic rings. The zero-order valence-corrected chi connectivity index (χ0v) is 18.7. The highest BCUT2D eigenvalue weighted by atomic mass is 16.5. The minimum atomic E-state index is -0.159. The van der Waals surface area contributed by atoms with Gasteiger partial charge in [0.15, 0.2) is 11.5 Å². The van der Waals surface area contributed by atoms with Crippen LogP contribution in [-0.2, 0) is 9.53 Å². The number of esters is 1. The molecule has 0 saturated carbocycles. The monoisotopic (exact) mass is 429 g/mol. The Kier molecular flexibility index (Phi) is 5.25. The third-order valence-electron chi connectivity index (χ3n) is 6.08. The number of fused-ring (bicyclic) bond motifs is 3. The number of piperidine rings is 1. The van der Waals surface area contributed by atoms with E-state index in [0.717, 1.165) is 64.4 Å². The molecule has 0 unspecified atom stereocenters. The number of benzene rings is 2. The van der Waals surface area contributed by atoms with Crippen molar-refractivity contribution in [1.29, 1.82) is 0 Å². The summed E-state index contributed by atoms with van der Waals surface area (Å²) in [6, 6.07) is 14.4. The van der Waals surface area contributed by atoms with Gasteiger partial charge in [-0.15, -0.1) is 10.2 Å². The van der Waals surface area contributed by atoms with E-state index in [1.807, 2.05) is 29.5 Å². The first-order valence-electron chi connectivity index (χ1n) is 11.2. The van der Waals surface area contributed by atoms with Gasteiger partial charge in [0.05, 0.1) is 18.0 Å². The second-order valence-electron chi connectivity index (χ2n) is 8.52. The van der Waals surface area contributed by atoms with Crippen molar-refractivity contribution in [3.63, 3.8) is 0 Å². The molecule has 2 aromatic heterocycles. The van der Waals surface area contributed by atoms with Gasteiger partial charge >= 0.3 is 5.97 Å². The van der Waals surface area contributed by atoms with Gasteiger partial charge in [-0.2, -0.15) is 0 Å². The van der Waals surface area contributed by atoms with Crippen molar-refractivity contribution in [3.05, 3.63) is 53.6 Å². The summed E-state index contributed by atoms with van der Waals surface area (Å²) in [5, 5.41) is 10.1. The SMILES string of the molecule is CCOC(=O)[C@@H]1CCCN(c2nc3ccc(C)cc3c3nnc(-c4cccc(C)c4)n23)C1. The van der Waals surface area contributed by atoms with Crippen LogP contribution in [0.1, 0.15) is 30.9 Å². The predicted octanol–water partition coefficient (Wildman–Crippen LogP) is 4.34. The number of aryl methyl sites for hydroxylation is 2. The molecular formula is C25H27N5O2. The Balaban J connectivity index is 1.70. The zero-order valence-electron chi connectivity index (χ0n) is 18.7. The zero-order chi connectivity index (χ0) is 22.2. The fraction of sp³-hybridized carbons (Fsp3) is 0.360. The van der Waals surface area contributed by atoms with Crippen LogP contribution >= 0.6 is 0 Å². The molecule has 7 heteroatoms. The maximum Gasteiger partial charge on any atom is 0.310 e. The van der Waals surface area contributed by atoms with Crippen molar-refractivity contribution in [2.45, 2.75) is 33.6 Å². The second-order valence-corrected chi connectivity index (χ2v) is 8.52. The fourth-order valence-corrected chi connectivity index (χ4v) is 4.53. The van der Waals surface area contributed by atoms with E-state index in [4.69, 9.17) is 9.72 Å². The number of nitrogens with zero attached hydrogens (tertiary/aromatic N) is 5. The van der Waals surface area contributed by atoms with Crippen LogP contribution in [0.25, 0.3) is 27.9 Å². The number of hydrogen-bond acceptors (Lipinski definition) is 6. The Morgan fingerprint density at radius 2 is 1.97 bits per heavy atom. The highest BCUT2D eigenvalue weighted by molar-refractivity contribution is 5.94. The average molecular weight is 430 g/mol. The van der Waals surface area contributed by atoms with Crippen LogP contribution in [0.15, 0.2) is 42.5 Å². The second kappa shape index (κ2) is 8.22. The van der Waals surface area contributed by atoms with Gasteiger partial charge in [-0.05, 0) is 51.8 Å². The van der Waals surface area contributed by atoms with E-state index in [1.165, 1.54) is 0 Å². The minimum Gasteiger partial charge on any atom is -0.466 e. The lowest BCUT2D eigenvalue weighted by Gasteiger charge is -2.32. The summed E-state index contributed by atoms with van der Waals surface area (Å²) in [4.78, 5) is 19.7. The average Bonchev–Trinajstić information content (AvgIpc) is 3.24. The number of carbonyl (C=O) groups is 1. The van der Waals surface area contributed by atoms with Crippen molar-refractivity contribution in [2.24, 2.45) is 5.92 Å². The van der Waals surface area contributed by atoms with E-state index in [9.17, 15) is 4.79 Å². The molecule has 0 aliphatic carbocycles. The van der Waals surface area contributed by atoms with Crippen LogP contribution < -0.4 is 4.90 Å².